The molecule has 6 nitrogen and oxygen atoms in total. The van der Waals surface area contributed by atoms with Crippen LogP contribution in [0.15, 0.2) is 48.5 Å². The van der Waals surface area contributed by atoms with Crippen LogP contribution in [0.4, 0.5) is 5.69 Å². The van der Waals surface area contributed by atoms with E-state index in [1.165, 1.54) is 11.0 Å². The lowest BCUT2D eigenvalue weighted by Crippen LogP contribution is -2.46. The van der Waals surface area contributed by atoms with Gasteiger partial charge in [0.1, 0.15) is 6.04 Å². The summed E-state index contributed by atoms with van der Waals surface area (Å²) in [7, 11) is 0. The Morgan fingerprint density at radius 2 is 1.75 bits per heavy atom. The average Bonchev–Trinajstić information content (AvgIpc) is 2.95. The molecule has 0 aromatic heterocycles. The number of fused-ring (bicyclic) bond motifs is 1. The number of benzene rings is 2. The number of carbonyl (C=O) groups is 3. The van der Waals surface area contributed by atoms with E-state index in [9.17, 15) is 19.5 Å². The minimum atomic E-state index is -1.09. The van der Waals surface area contributed by atoms with Crippen LogP contribution >= 0.6 is 0 Å². The van der Waals surface area contributed by atoms with Crippen LogP contribution in [-0.4, -0.2) is 28.9 Å². The van der Waals surface area contributed by atoms with Gasteiger partial charge in [0.15, 0.2) is 0 Å². The van der Waals surface area contributed by atoms with E-state index >= 15 is 0 Å². The average molecular weight is 324 g/mol. The Balaban J connectivity index is 1.94. The van der Waals surface area contributed by atoms with Gasteiger partial charge in [-0.1, -0.05) is 36.4 Å². The number of carboxylic acids is 1. The summed E-state index contributed by atoms with van der Waals surface area (Å²) in [6.45, 7) is 0. The van der Waals surface area contributed by atoms with Crippen LogP contribution in [0.3, 0.4) is 0 Å². The third-order valence-electron chi connectivity index (χ3n) is 4.16. The predicted molar refractivity (Wildman–Crippen MR) is 87.7 cm³/mol. The number of anilines is 1. The summed E-state index contributed by atoms with van der Waals surface area (Å²) in [6, 6.07) is 12.8. The zero-order chi connectivity index (χ0) is 17.3. The molecule has 0 unspecified atom stereocenters. The predicted octanol–water partition coefficient (Wildman–Crippen LogP) is 1.37. The van der Waals surface area contributed by atoms with E-state index in [1.807, 2.05) is 12.1 Å². The number of carbonyl (C=O) groups excluding carboxylic acids is 2. The maximum absolute atomic E-state index is 12.8. The molecule has 0 saturated carbocycles. The van der Waals surface area contributed by atoms with Crippen molar-refractivity contribution in [1.29, 1.82) is 0 Å². The van der Waals surface area contributed by atoms with E-state index in [4.69, 9.17) is 5.73 Å². The summed E-state index contributed by atoms with van der Waals surface area (Å²) in [6.07, 6.45) is 0.262. The van der Waals surface area contributed by atoms with Crippen LogP contribution in [0.2, 0.25) is 0 Å². The molecule has 2 amide bonds. The molecule has 0 spiro atoms. The Labute approximate surface area is 138 Å². The molecule has 2 aromatic carbocycles. The molecule has 1 heterocycles. The van der Waals surface area contributed by atoms with Crippen molar-refractivity contribution >= 4 is 23.5 Å². The second-order valence-electron chi connectivity index (χ2n) is 5.65. The molecule has 0 aliphatic carbocycles. The molecule has 0 bridgehead atoms. The summed E-state index contributed by atoms with van der Waals surface area (Å²) in [5.74, 6) is -2.02. The van der Waals surface area contributed by atoms with Gasteiger partial charge in [-0.05, 0) is 23.3 Å². The Kier molecular flexibility index (Phi) is 4.04. The fourth-order valence-electron chi connectivity index (χ4n) is 3.05. The second-order valence-corrected chi connectivity index (χ2v) is 5.65. The number of hydrogen-bond donors (Lipinski definition) is 2. The highest BCUT2D eigenvalue weighted by atomic mass is 16.4. The monoisotopic (exact) mass is 324 g/mol. The Morgan fingerprint density at radius 1 is 1.08 bits per heavy atom. The molecule has 0 saturated heterocycles. The molecule has 3 rings (SSSR count). The van der Waals surface area contributed by atoms with Gasteiger partial charge in [-0.25, -0.2) is 4.79 Å². The van der Waals surface area contributed by atoms with Gasteiger partial charge in [0, 0.05) is 12.1 Å². The van der Waals surface area contributed by atoms with Crippen molar-refractivity contribution in [3.8, 4) is 0 Å². The van der Waals surface area contributed by atoms with Gasteiger partial charge in [0.05, 0.1) is 12.0 Å². The summed E-state index contributed by atoms with van der Waals surface area (Å²) in [5.41, 5.74) is 7.46. The standard InChI is InChI=1S/C18H16N2O4/c19-17(22)15-9-12-6-2-4-8-14(12)20(15)16(21)10-11-5-1-3-7-13(11)18(23)24/h1-8,15H,9-10H2,(H2,19,22)(H,23,24)/t15-/m0/s1. The Hall–Kier alpha value is -3.15. The normalized spacial score (nSPS) is 15.8. The number of nitrogens with two attached hydrogens (primary N) is 1. The number of aromatic carboxylic acids is 1. The van der Waals surface area contributed by atoms with Crippen LogP contribution in [0, 0.1) is 0 Å². The van der Waals surface area contributed by atoms with Crippen molar-refractivity contribution in [2.75, 3.05) is 4.90 Å². The van der Waals surface area contributed by atoms with Crippen molar-refractivity contribution in [3.63, 3.8) is 0 Å². The summed E-state index contributed by atoms with van der Waals surface area (Å²) < 4.78 is 0. The maximum Gasteiger partial charge on any atom is 0.335 e. The third kappa shape index (κ3) is 2.74. The van der Waals surface area contributed by atoms with Gasteiger partial charge in [0.2, 0.25) is 11.8 Å². The molecule has 1 atom stereocenters. The SMILES string of the molecule is NC(=O)[C@@H]1Cc2ccccc2N1C(=O)Cc1ccccc1C(=O)O. The van der Waals surface area contributed by atoms with Gasteiger partial charge < -0.3 is 10.8 Å². The quantitative estimate of drug-likeness (QED) is 0.887. The highest BCUT2D eigenvalue weighted by Gasteiger charge is 2.37. The third-order valence-corrected chi connectivity index (χ3v) is 4.16. The second kappa shape index (κ2) is 6.16. The molecule has 0 fully saturated rings. The number of primary amides is 1. The Morgan fingerprint density at radius 3 is 2.46 bits per heavy atom. The van der Waals surface area contributed by atoms with Gasteiger partial charge >= 0.3 is 5.97 Å². The van der Waals surface area contributed by atoms with Crippen molar-refractivity contribution in [2.45, 2.75) is 18.9 Å². The topological polar surface area (TPSA) is 101 Å². The van der Waals surface area contributed by atoms with Crippen molar-refractivity contribution in [3.05, 3.63) is 65.2 Å². The lowest BCUT2D eigenvalue weighted by molar-refractivity contribution is -0.124. The number of hydrogen-bond acceptors (Lipinski definition) is 3. The van der Waals surface area contributed by atoms with Crippen molar-refractivity contribution in [2.24, 2.45) is 5.73 Å². The van der Waals surface area contributed by atoms with Crippen LogP contribution < -0.4 is 10.6 Å². The molecule has 1 aliphatic heterocycles. The first-order valence-electron chi connectivity index (χ1n) is 7.49. The van der Waals surface area contributed by atoms with E-state index in [0.717, 1.165) is 5.56 Å². The minimum absolute atomic E-state index is 0.0777. The lowest BCUT2D eigenvalue weighted by Gasteiger charge is -2.23. The van der Waals surface area contributed by atoms with Crippen LogP contribution in [0.1, 0.15) is 21.5 Å². The molecule has 6 heteroatoms. The summed E-state index contributed by atoms with van der Waals surface area (Å²) in [5, 5.41) is 9.24. The van der Waals surface area contributed by atoms with E-state index < -0.39 is 17.9 Å². The van der Waals surface area contributed by atoms with E-state index in [-0.39, 0.29) is 17.9 Å². The van der Waals surface area contributed by atoms with Gasteiger partial charge in [0.25, 0.3) is 0 Å². The molecule has 1 aliphatic rings. The molecule has 122 valence electrons. The highest BCUT2D eigenvalue weighted by Crippen LogP contribution is 2.32. The minimum Gasteiger partial charge on any atom is -0.478 e. The van der Waals surface area contributed by atoms with Crippen molar-refractivity contribution in [1.82, 2.24) is 0 Å². The molecule has 2 aromatic rings. The molecule has 3 N–H and O–H groups in total. The largest absolute Gasteiger partial charge is 0.478 e. The maximum atomic E-state index is 12.8. The van der Waals surface area contributed by atoms with E-state index in [0.29, 0.717) is 17.7 Å². The lowest BCUT2D eigenvalue weighted by atomic mass is 10.0. The van der Waals surface area contributed by atoms with Crippen LogP contribution in [0.5, 0.6) is 0 Å². The zero-order valence-electron chi connectivity index (χ0n) is 12.8. The molecular weight excluding hydrogens is 308 g/mol. The number of carboxylic acid groups (broad SMARTS) is 1. The summed E-state index contributed by atoms with van der Waals surface area (Å²) >= 11 is 0. The number of amides is 2. The fraction of sp³-hybridized carbons (Fsp3) is 0.167. The van der Waals surface area contributed by atoms with Crippen molar-refractivity contribution < 1.29 is 19.5 Å². The fourth-order valence-corrected chi connectivity index (χ4v) is 3.05. The first-order valence-corrected chi connectivity index (χ1v) is 7.49. The van der Waals surface area contributed by atoms with Crippen LogP contribution in [0.25, 0.3) is 0 Å². The van der Waals surface area contributed by atoms with E-state index in [1.54, 1.807) is 30.3 Å². The molecular formula is C18H16N2O4. The smallest absolute Gasteiger partial charge is 0.335 e. The number of rotatable bonds is 4. The first-order chi connectivity index (χ1) is 11.5. The zero-order valence-corrected chi connectivity index (χ0v) is 12.8. The first kappa shape index (κ1) is 15.7. The van der Waals surface area contributed by atoms with Gasteiger partial charge in [-0.3, -0.25) is 14.5 Å². The van der Waals surface area contributed by atoms with Gasteiger partial charge in [-0.15, -0.1) is 0 Å². The van der Waals surface area contributed by atoms with Gasteiger partial charge in [-0.2, -0.15) is 0 Å². The number of para-hydroxylation sites is 1. The highest BCUT2D eigenvalue weighted by molar-refractivity contribution is 6.04. The Bertz CT molecular complexity index is 831. The van der Waals surface area contributed by atoms with Crippen LogP contribution in [-0.2, 0) is 22.4 Å². The number of nitrogens with zero attached hydrogens (tertiary/aromatic N) is 1. The molecule has 0 radical (unpaired) electrons. The summed E-state index contributed by atoms with van der Waals surface area (Å²) in [4.78, 5) is 37.2. The molecule has 24 heavy (non-hydrogen) atoms. The van der Waals surface area contributed by atoms with E-state index in [2.05, 4.69) is 0 Å².